The predicted octanol–water partition coefficient (Wildman–Crippen LogP) is 7.79. The Morgan fingerprint density at radius 1 is 0.643 bits per heavy atom. The van der Waals surface area contributed by atoms with Gasteiger partial charge in [-0.3, -0.25) is 33.3 Å². The van der Waals surface area contributed by atoms with Gasteiger partial charge in [-0.1, -0.05) is 108 Å². The molecule has 0 unspecified atom stereocenters. The number of benzene rings is 3. The molecule has 20 nitrogen and oxygen atoms in total. The summed E-state index contributed by atoms with van der Waals surface area (Å²) in [5.74, 6) is -4.42. The van der Waals surface area contributed by atoms with E-state index in [0.717, 1.165) is 22.3 Å². The maximum atomic E-state index is 15.0. The number of amides is 7. The zero-order valence-corrected chi connectivity index (χ0v) is 51.1. The molecule has 0 spiro atoms. The van der Waals surface area contributed by atoms with Crippen molar-refractivity contribution in [1.82, 2.24) is 41.4 Å². The van der Waals surface area contributed by atoms with Gasteiger partial charge in [0.1, 0.15) is 55.0 Å². The first-order valence-electron chi connectivity index (χ1n) is 29.3. The number of ether oxygens (including phenoxy) is 3. The summed E-state index contributed by atoms with van der Waals surface area (Å²) in [6.45, 7) is 23.4. The molecule has 6 N–H and O–H groups in total. The second kappa shape index (κ2) is 28.7. The normalized spacial score (nSPS) is 16.3. The van der Waals surface area contributed by atoms with Crippen LogP contribution in [-0.2, 0) is 49.4 Å². The molecule has 6 rings (SSSR count). The first-order chi connectivity index (χ1) is 39.5. The van der Waals surface area contributed by atoms with E-state index in [0.29, 0.717) is 22.9 Å². The van der Waals surface area contributed by atoms with Gasteiger partial charge < -0.3 is 51.0 Å². The molecule has 454 valence electrons. The lowest BCUT2D eigenvalue weighted by atomic mass is 9.98. The minimum Gasteiger partial charge on any atom is -0.449 e. The molecule has 0 radical (unpaired) electrons. The number of nitrogens with one attached hydrogen (secondary N) is 6. The second-order valence-electron chi connectivity index (χ2n) is 25.3. The summed E-state index contributed by atoms with van der Waals surface area (Å²) in [4.78, 5) is 115. The van der Waals surface area contributed by atoms with Crippen molar-refractivity contribution in [2.75, 3.05) is 19.7 Å². The van der Waals surface area contributed by atoms with E-state index < -0.39 is 101 Å². The van der Waals surface area contributed by atoms with Crippen LogP contribution in [0.2, 0.25) is 0 Å². The molecule has 84 heavy (non-hydrogen) atoms. The summed E-state index contributed by atoms with van der Waals surface area (Å²) in [7, 11) is 0. The fraction of sp³-hybridized carbons (Fsp3) is 0.547. The highest BCUT2D eigenvalue weighted by molar-refractivity contribution is 5.98. The Hall–Kier alpha value is -7.79. The third kappa shape index (κ3) is 17.6. The van der Waals surface area contributed by atoms with Gasteiger partial charge in [0.05, 0.1) is 23.3 Å². The van der Waals surface area contributed by atoms with Crippen molar-refractivity contribution in [1.29, 1.82) is 5.26 Å². The second-order valence-corrected chi connectivity index (χ2v) is 25.3. The van der Waals surface area contributed by atoms with Crippen molar-refractivity contribution < 1.29 is 52.6 Å². The average Bonchev–Trinajstić information content (AvgIpc) is 2.65. The van der Waals surface area contributed by atoms with Gasteiger partial charge in [-0.2, -0.15) is 5.26 Å². The first kappa shape index (κ1) is 65.4. The van der Waals surface area contributed by atoms with Crippen LogP contribution in [0.4, 0.5) is 9.59 Å². The predicted molar refractivity (Wildman–Crippen MR) is 319 cm³/mol. The van der Waals surface area contributed by atoms with Crippen LogP contribution < -0.4 is 31.9 Å². The van der Waals surface area contributed by atoms with E-state index in [-0.39, 0.29) is 75.5 Å². The number of likely N-dealkylation sites (tertiary alicyclic amines) is 1. The molecule has 3 aromatic carbocycles. The molecule has 1 fully saturated rings. The highest BCUT2D eigenvalue weighted by Gasteiger charge is 2.43. The van der Waals surface area contributed by atoms with Gasteiger partial charge in [0.15, 0.2) is 0 Å². The van der Waals surface area contributed by atoms with Crippen molar-refractivity contribution in [2.45, 2.75) is 188 Å². The SMILES string of the molecule is CC(C)C[C@H](NC(=O)OCC1c2ccccc2-c2ccccc21)C(=O)N[C@@H](CC(C)C)C(=O)N[C@@H](CC(C)C)C(=O)N[C@H](C(=O)N1CCC[C@H]1C(=O)N[C@@H](Cc1cn(C(=O)OC(C)(C)C)c2ccccc12)C(=O)NCC#N)[C@@H](C)OC(C)(C)C. The highest BCUT2D eigenvalue weighted by atomic mass is 16.6. The van der Waals surface area contributed by atoms with Crippen LogP contribution in [0, 0.1) is 29.1 Å². The fourth-order valence-electron chi connectivity index (χ4n) is 11.0. The smallest absolute Gasteiger partial charge is 0.419 e. The Labute approximate surface area is 494 Å². The molecule has 1 saturated heterocycles. The van der Waals surface area contributed by atoms with Crippen LogP contribution in [0.15, 0.2) is 79.0 Å². The first-order valence-corrected chi connectivity index (χ1v) is 29.3. The monoisotopic (exact) mass is 1160 g/mol. The molecule has 7 amide bonds. The minimum absolute atomic E-state index is 0.0372. The number of hydrogen-bond donors (Lipinski definition) is 6. The molecule has 1 aliphatic carbocycles. The summed E-state index contributed by atoms with van der Waals surface area (Å²) in [6, 6.07) is 17.7. The highest BCUT2D eigenvalue weighted by Crippen LogP contribution is 2.44. The van der Waals surface area contributed by atoms with Crippen LogP contribution in [-0.4, -0.2) is 130 Å². The Kier molecular flexibility index (Phi) is 22.3. The lowest BCUT2D eigenvalue weighted by molar-refractivity contribution is -0.149. The number of fused-ring (bicyclic) bond motifs is 4. The molecular formula is C64H87N9O11. The van der Waals surface area contributed by atoms with E-state index >= 15 is 4.79 Å². The molecule has 2 aliphatic rings. The van der Waals surface area contributed by atoms with Crippen LogP contribution in [0.3, 0.4) is 0 Å². The third-order valence-electron chi connectivity index (χ3n) is 14.5. The number of nitrogens with zero attached hydrogens (tertiary/aromatic N) is 3. The summed E-state index contributed by atoms with van der Waals surface area (Å²) < 4.78 is 19.1. The number of carbonyl (C=O) groups excluding carboxylic acids is 8. The number of rotatable bonds is 24. The van der Waals surface area contributed by atoms with Crippen LogP contribution in [0.5, 0.6) is 0 Å². The van der Waals surface area contributed by atoms with Gasteiger partial charge in [-0.15, -0.1) is 0 Å². The molecule has 20 heteroatoms. The Balaban J connectivity index is 1.18. The van der Waals surface area contributed by atoms with E-state index in [4.69, 9.17) is 14.2 Å². The molecule has 1 aliphatic heterocycles. The van der Waals surface area contributed by atoms with E-state index in [2.05, 4.69) is 31.9 Å². The minimum atomic E-state index is -1.38. The number of aromatic nitrogens is 1. The van der Waals surface area contributed by atoms with Crippen molar-refractivity contribution in [2.24, 2.45) is 17.8 Å². The third-order valence-corrected chi connectivity index (χ3v) is 14.5. The van der Waals surface area contributed by atoms with E-state index in [9.17, 15) is 38.8 Å². The van der Waals surface area contributed by atoms with Crippen molar-refractivity contribution in [3.05, 3.63) is 95.7 Å². The molecular weight excluding hydrogens is 1070 g/mol. The maximum Gasteiger partial charge on any atom is 0.419 e. The fourth-order valence-corrected chi connectivity index (χ4v) is 11.0. The van der Waals surface area contributed by atoms with Gasteiger partial charge in [0.2, 0.25) is 35.4 Å². The number of hydrogen-bond acceptors (Lipinski definition) is 12. The maximum absolute atomic E-state index is 15.0. The van der Waals surface area contributed by atoms with Gasteiger partial charge in [-0.05, 0) is 132 Å². The van der Waals surface area contributed by atoms with Gasteiger partial charge >= 0.3 is 12.2 Å². The molecule has 4 aromatic rings. The van der Waals surface area contributed by atoms with Gasteiger partial charge in [-0.25, -0.2) is 9.59 Å². The molecule has 0 saturated carbocycles. The number of nitriles is 1. The molecule has 7 atom stereocenters. The standard InChI is InChI=1S/C64H87N9O11/c1-37(2)31-48(67-57(76)50(33-39(5)6)70-61(80)82-36-47-45-24-16-14-22-43(45)44-23-15-17-25-46(44)47)56(75)68-49(32-38(3)4)58(77)71-54(40(7)83-63(8,9)10)60(79)72-30-20-27-53(72)59(78)69-51(55(74)66-29-28-65)34-41-35-73(62(81)84-64(11,12)13)52-26-19-18-21-42(41)52/h14-19,21-26,35,37-40,47-51,53-54H,20,27,29-34,36H2,1-13H3,(H,66,74)(H,67,76)(H,68,75)(H,69,78)(H,70,80)(H,71,77)/t40-,48+,49+,50+,51+,53+,54+/m1/s1. The molecule has 0 bridgehead atoms. The van der Waals surface area contributed by atoms with E-state index in [1.54, 1.807) is 78.9 Å². The van der Waals surface area contributed by atoms with Crippen molar-refractivity contribution in [3.8, 4) is 17.2 Å². The van der Waals surface area contributed by atoms with E-state index in [1.807, 2.05) is 96.1 Å². The lowest BCUT2D eigenvalue weighted by Crippen LogP contribution is -2.62. The topological polar surface area (TPSA) is 268 Å². The molecule has 1 aromatic heterocycles. The zero-order valence-electron chi connectivity index (χ0n) is 51.1. The van der Waals surface area contributed by atoms with Gasteiger partial charge in [0.25, 0.3) is 0 Å². The van der Waals surface area contributed by atoms with Crippen LogP contribution in [0.1, 0.15) is 145 Å². The summed E-state index contributed by atoms with van der Waals surface area (Å²) in [6.07, 6.45) is 0.223. The molecule has 2 heterocycles. The van der Waals surface area contributed by atoms with Gasteiger partial charge in [0, 0.05) is 30.5 Å². The number of para-hydroxylation sites is 1. The summed E-state index contributed by atoms with van der Waals surface area (Å²) >= 11 is 0. The van der Waals surface area contributed by atoms with Crippen LogP contribution >= 0.6 is 0 Å². The lowest BCUT2D eigenvalue weighted by Gasteiger charge is -2.35. The quantitative estimate of drug-likeness (QED) is 0.0367. The average molecular weight is 1160 g/mol. The summed E-state index contributed by atoms with van der Waals surface area (Å²) in [5, 5.41) is 26.8. The Bertz CT molecular complexity index is 3010. The number of alkyl carbamates (subject to hydrolysis) is 1. The number of carbonyl (C=O) groups is 8. The zero-order chi connectivity index (χ0) is 61.8. The van der Waals surface area contributed by atoms with E-state index in [1.165, 1.54) is 9.47 Å². The largest absolute Gasteiger partial charge is 0.449 e. The van der Waals surface area contributed by atoms with Crippen LogP contribution in [0.25, 0.3) is 22.0 Å². The van der Waals surface area contributed by atoms with Crippen molar-refractivity contribution in [3.63, 3.8) is 0 Å². The Morgan fingerprint density at radius 3 is 1.70 bits per heavy atom. The Morgan fingerprint density at radius 2 is 1.17 bits per heavy atom. The summed E-state index contributed by atoms with van der Waals surface area (Å²) in [5.41, 5.74) is 3.66. The van der Waals surface area contributed by atoms with Crippen molar-refractivity contribution >= 4 is 58.5 Å².